The number of aliphatic hydroxyl groups is 2. The number of esters is 1. The van der Waals surface area contributed by atoms with Crippen LogP contribution in [0, 0.1) is 0 Å². The van der Waals surface area contributed by atoms with Gasteiger partial charge in [-0.15, -0.1) is 0 Å². The number of ether oxygens (including phenoxy) is 2. The van der Waals surface area contributed by atoms with Crippen molar-refractivity contribution in [1.29, 1.82) is 0 Å². The van der Waals surface area contributed by atoms with Crippen molar-refractivity contribution < 1.29 is 34.1 Å². The third kappa shape index (κ3) is 5.78. The lowest BCUT2D eigenvalue weighted by atomic mass is 9.83. The minimum atomic E-state index is -1.64. The molecule has 3 N–H and O–H groups in total. The largest absolute Gasteiger partial charge is 0.463 e. The third-order valence-electron chi connectivity index (χ3n) is 9.30. The molecule has 1 amide bonds. The van der Waals surface area contributed by atoms with Crippen LogP contribution in [-0.2, 0) is 23.9 Å². The van der Waals surface area contributed by atoms with Gasteiger partial charge in [-0.05, 0) is 95.4 Å². The lowest BCUT2D eigenvalue weighted by molar-refractivity contribution is -0.161. The maximum atomic E-state index is 13.6. The van der Waals surface area contributed by atoms with Crippen molar-refractivity contribution in [3.8, 4) is 0 Å². The van der Waals surface area contributed by atoms with Crippen LogP contribution in [0.4, 0.5) is 0 Å². The first-order valence-electron chi connectivity index (χ1n) is 14.1. The Bertz CT molecular complexity index is 1110. The van der Waals surface area contributed by atoms with Gasteiger partial charge in [-0.3, -0.25) is 9.59 Å². The molecule has 3 aliphatic heterocycles. The molecule has 0 aromatic rings. The summed E-state index contributed by atoms with van der Waals surface area (Å²) < 4.78 is 12.0. The number of allylic oxidation sites excluding steroid dienone is 1. The van der Waals surface area contributed by atoms with E-state index in [0.29, 0.717) is 49.0 Å². The van der Waals surface area contributed by atoms with Crippen molar-refractivity contribution in [3.63, 3.8) is 0 Å². The van der Waals surface area contributed by atoms with Crippen molar-refractivity contribution in [2.24, 2.45) is 0 Å². The predicted octanol–water partition coefficient (Wildman–Crippen LogP) is 4.29. The zero-order chi connectivity index (χ0) is 29.2. The number of amides is 1. The summed E-state index contributed by atoms with van der Waals surface area (Å²) in [6.07, 6.45) is 2.78. The van der Waals surface area contributed by atoms with Gasteiger partial charge in [-0.2, -0.15) is 0 Å². The Morgan fingerprint density at radius 1 is 0.974 bits per heavy atom. The normalized spacial score (nSPS) is 33.1. The van der Waals surface area contributed by atoms with E-state index in [1.807, 2.05) is 27.7 Å². The lowest BCUT2D eigenvalue weighted by Gasteiger charge is -2.37. The molecule has 39 heavy (non-hydrogen) atoms. The third-order valence-corrected chi connectivity index (χ3v) is 10.3. The highest BCUT2D eigenvalue weighted by molar-refractivity contribution is 8.13. The Hall–Kier alpha value is -1.94. The van der Waals surface area contributed by atoms with Gasteiger partial charge in [0.2, 0.25) is 5.12 Å². The summed E-state index contributed by atoms with van der Waals surface area (Å²) >= 11 is 1.25. The van der Waals surface area contributed by atoms with Gasteiger partial charge in [-0.25, -0.2) is 4.79 Å². The number of thioether (sulfide) groups is 1. The summed E-state index contributed by atoms with van der Waals surface area (Å²) in [7, 11) is 0. The Labute approximate surface area is 236 Å². The molecule has 1 unspecified atom stereocenters. The van der Waals surface area contributed by atoms with Crippen LogP contribution in [0.1, 0.15) is 93.4 Å². The first kappa shape index (κ1) is 31.6. The fraction of sp³-hybridized carbons (Fsp3) is 0.700. The fourth-order valence-corrected chi connectivity index (χ4v) is 7.04. The SMILES string of the molecule is CC[C@]1(O)C(=O)NCC(O[C@@]2(CC)C(=O)SCCC(CCC[C@]3(O)C(=O)OCCC(C)=C3C)=C2C)C(C)=C1C. The van der Waals surface area contributed by atoms with E-state index < -0.39 is 34.8 Å². The quantitative estimate of drug-likeness (QED) is 0.295. The summed E-state index contributed by atoms with van der Waals surface area (Å²) in [5, 5.41) is 25.1. The molecule has 0 fully saturated rings. The highest BCUT2D eigenvalue weighted by atomic mass is 32.2. The van der Waals surface area contributed by atoms with E-state index in [-0.39, 0.29) is 31.1 Å². The van der Waals surface area contributed by atoms with Gasteiger partial charge in [-0.1, -0.05) is 36.8 Å². The van der Waals surface area contributed by atoms with Crippen molar-refractivity contribution in [3.05, 3.63) is 33.4 Å². The minimum absolute atomic E-state index is 0.0651. The molecule has 0 saturated carbocycles. The molecule has 0 spiro atoms. The lowest BCUT2D eigenvalue weighted by Crippen LogP contribution is -2.48. The molecule has 8 nitrogen and oxygen atoms in total. The van der Waals surface area contributed by atoms with Crippen molar-refractivity contribution >= 4 is 28.8 Å². The second-order valence-corrected chi connectivity index (χ2v) is 12.2. The predicted molar refractivity (Wildman–Crippen MR) is 152 cm³/mol. The molecule has 0 radical (unpaired) electrons. The second-order valence-electron chi connectivity index (χ2n) is 11.1. The number of rotatable bonds is 8. The zero-order valence-electron chi connectivity index (χ0n) is 24.5. The Kier molecular flexibility index (Phi) is 9.95. The molecule has 3 heterocycles. The molecule has 3 aliphatic rings. The Balaban J connectivity index is 1.91. The van der Waals surface area contributed by atoms with Crippen LogP contribution in [0.5, 0.6) is 0 Å². The van der Waals surface area contributed by atoms with E-state index >= 15 is 0 Å². The Morgan fingerprint density at radius 2 is 1.67 bits per heavy atom. The van der Waals surface area contributed by atoms with Crippen LogP contribution in [0.3, 0.4) is 0 Å². The topological polar surface area (TPSA) is 122 Å². The summed E-state index contributed by atoms with van der Waals surface area (Å²) in [4.78, 5) is 39.0. The van der Waals surface area contributed by atoms with Gasteiger partial charge in [0, 0.05) is 18.7 Å². The average Bonchev–Trinajstić information content (AvgIpc) is 3.13. The van der Waals surface area contributed by atoms with Crippen LogP contribution in [0.15, 0.2) is 33.4 Å². The molecule has 0 aromatic heterocycles. The monoisotopic (exact) mass is 563 g/mol. The summed E-state index contributed by atoms with van der Waals surface area (Å²) in [5.74, 6) is -0.436. The van der Waals surface area contributed by atoms with E-state index in [4.69, 9.17) is 9.47 Å². The van der Waals surface area contributed by atoms with E-state index in [0.717, 1.165) is 22.3 Å². The number of carbonyl (C=O) groups excluding carboxylic acids is 3. The first-order valence-corrected chi connectivity index (χ1v) is 15.1. The summed E-state index contributed by atoms with van der Waals surface area (Å²) in [5.41, 5.74) is 0.424. The fourth-order valence-electron chi connectivity index (χ4n) is 5.93. The molecule has 0 aliphatic carbocycles. The molecule has 0 aromatic carbocycles. The van der Waals surface area contributed by atoms with Crippen LogP contribution in [0.2, 0.25) is 0 Å². The van der Waals surface area contributed by atoms with Gasteiger partial charge in [0.05, 0.1) is 12.7 Å². The number of hydrogen-bond donors (Lipinski definition) is 3. The van der Waals surface area contributed by atoms with Crippen LogP contribution < -0.4 is 5.32 Å². The van der Waals surface area contributed by atoms with Crippen molar-refractivity contribution in [2.45, 2.75) is 116 Å². The molecular formula is C30H45NO7S. The number of nitrogens with one attached hydrogen (secondary N) is 1. The second kappa shape index (κ2) is 12.3. The van der Waals surface area contributed by atoms with Crippen LogP contribution in [0.25, 0.3) is 0 Å². The van der Waals surface area contributed by atoms with Gasteiger partial charge >= 0.3 is 5.97 Å². The number of carbonyl (C=O) groups is 3. The standard InChI is InChI=1S/C30H45NO7S/c1-8-28(35)21(6)19(4)24(17-31-25(28)32)38-30(9-2)22(7)23(13-16-39-27(30)34)11-10-14-29(36)20(5)18(3)12-15-37-26(29)33/h24,35-36H,8-17H2,1-7H3,(H,31,32)/t24?,28-,29-,30-/m1/s1. The first-order chi connectivity index (χ1) is 18.3. The van der Waals surface area contributed by atoms with Gasteiger partial charge < -0.3 is 25.0 Å². The molecular weight excluding hydrogens is 518 g/mol. The summed E-state index contributed by atoms with van der Waals surface area (Å²) in [6.45, 7) is 13.4. The highest BCUT2D eigenvalue weighted by Crippen LogP contribution is 2.42. The zero-order valence-corrected chi connectivity index (χ0v) is 25.3. The average molecular weight is 564 g/mol. The maximum absolute atomic E-state index is 13.6. The molecule has 4 atom stereocenters. The molecule has 218 valence electrons. The van der Waals surface area contributed by atoms with Crippen LogP contribution in [-0.4, -0.2) is 69.0 Å². The van der Waals surface area contributed by atoms with Crippen molar-refractivity contribution in [1.82, 2.24) is 5.32 Å². The number of cyclic esters (lactones) is 1. The van der Waals surface area contributed by atoms with E-state index in [1.54, 1.807) is 20.8 Å². The molecule has 0 saturated heterocycles. The minimum Gasteiger partial charge on any atom is -0.463 e. The smallest absolute Gasteiger partial charge is 0.342 e. The Morgan fingerprint density at radius 3 is 2.31 bits per heavy atom. The van der Waals surface area contributed by atoms with Gasteiger partial charge in [0.25, 0.3) is 5.91 Å². The van der Waals surface area contributed by atoms with E-state index in [9.17, 15) is 24.6 Å². The maximum Gasteiger partial charge on any atom is 0.342 e. The highest BCUT2D eigenvalue weighted by Gasteiger charge is 2.47. The van der Waals surface area contributed by atoms with Gasteiger partial charge in [0.15, 0.2) is 16.8 Å². The van der Waals surface area contributed by atoms with E-state index in [2.05, 4.69) is 5.32 Å². The van der Waals surface area contributed by atoms with Crippen LogP contribution >= 0.6 is 11.8 Å². The van der Waals surface area contributed by atoms with E-state index in [1.165, 1.54) is 11.8 Å². The van der Waals surface area contributed by atoms with Gasteiger partial charge in [0.1, 0.15) is 0 Å². The molecule has 9 heteroatoms. The molecule has 0 bridgehead atoms. The molecule has 3 rings (SSSR count). The van der Waals surface area contributed by atoms with Crippen molar-refractivity contribution in [2.75, 3.05) is 18.9 Å². The number of hydrogen-bond acceptors (Lipinski definition) is 8. The summed E-state index contributed by atoms with van der Waals surface area (Å²) in [6, 6.07) is 0.